The van der Waals surface area contributed by atoms with Gasteiger partial charge >= 0.3 is 0 Å². The topological polar surface area (TPSA) is 49.2 Å². The van der Waals surface area contributed by atoms with Gasteiger partial charge in [-0.05, 0) is 27.7 Å². The molecule has 1 aromatic rings. The van der Waals surface area contributed by atoms with E-state index in [0.717, 1.165) is 23.8 Å². The Balaban J connectivity index is 3.22. The van der Waals surface area contributed by atoms with Crippen molar-refractivity contribution in [3.05, 3.63) is 16.5 Å². The van der Waals surface area contributed by atoms with Gasteiger partial charge in [0.15, 0.2) is 0 Å². The summed E-state index contributed by atoms with van der Waals surface area (Å²) >= 11 is 6.20. The van der Waals surface area contributed by atoms with Crippen molar-refractivity contribution in [2.75, 3.05) is 18.0 Å². The van der Waals surface area contributed by atoms with Crippen LogP contribution in [-0.2, 0) is 0 Å². The minimum Gasteiger partial charge on any atom is -0.389 e. The number of hydrogen-bond donors (Lipinski definition) is 1. The van der Waals surface area contributed by atoms with Gasteiger partial charge in [0, 0.05) is 24.6 Å². The zero-order chi connectivity index (χ0) is 14.8. The van der Waals surface area contributed by atoms with Gasteiger partial charge in [-0.3, -0.25) is 0 Å². The molecule has 5 heteroatoms. The Kier molecular flexibility index (Phi) is 5.16. The monoisotopic (exact) mass is 285 g/mol. The first kappa shape index (κ1) is 16.2. The number of anilines is 1. The summed E-state index contributed by atoms with van der Waals surface area (Å²) in [4.78, 5) is 11.0. The van der Waals surface area contributed by atoms with E-state index in [0.29, 0.717) is 11.7 Å². The second kappa shape index (κ2) is 6.06. The van der Waals surface area contributed by atoms with E-state index in [-0.39, 0.29) is 5.92 Å². The van der Waals surface area contributed by atoms with Crippen molar-refractivity contribution in [3.63, 3.8) is 0 Å². The summed E-state index contributed by atoms with van der Waals surface area (Å²) in [6, 6.07) is 0. The van der Waals surface area contributed by atoms with Crippen molar-refractivity contribution in [1.82, 2.24) is 9.97 Å². The lowest BCUT2D eigenvalue weighted by Gasteiger charge is -2.30. The van der Waals surface area contributed by atoms with E-state index < -0.39 is 5.60 Å². The predicted molar refractivity (Wildman–Crippen MR) is 80.1 cm³/mol. The standard InChI is InChI=1S/C14H24ClN3O/c1-7-18(8-14(5,6)19)13-10(4)11(15)16-12(17-13)9(2)3/h9,19H,7-8H2,1-6H3. The molecule has 0 aliphatic heterocycles. The number of hydrogen-bond acceptors (Lipinski definition) is 4. The summed E-state index contributed by atoms with van der Waals surface area (Å²) in [5, 5.41) is 10.5. The lowest BCUT2D eigenvalue weighted by atomic mass is 10.1. The van der Waals surface area contributed by atoms with Crippen molar-refractivity contribution in [2.45, 2.75) is 53.1 Å². The molecule has 0 atom stereocenters. The van der Waals surface area contributed by atoms with Gasteiger partial charge in [0.2, 0.25) is 0 Å². The Morgan fingerprint density at radius 2 is 1.89 bits per heavy atom. The highest BCUT2D eigenvalue weighted by atomic mass is 35.5. The molecule has 1 heterocycles. The molecule has 108 valence electrons. The van der Waals surface area contributed by atoms with Crippen LogP contribution in [0.25, 0.3) is 0 Å². The number of nitrogens with zero attached hydrogens (tertiary/aromatic N) is 3. The minimum absolute atomic E-state index is 0.220. The highest BCUT2D eigenvalue weighted by molar-refractivity contribution is 6.30. The number of aromatic nitrogens is 2. The average molecular weight is 286 g/mol. The zero-order valence-corrected chi connectivity index (χ0v) is 13.4. The van der Waals surface area contributed by atoms with Crippen LogP contribution in [0.2, 0.25) is 5.15 Å². The lowest BCUT2D eigenvalue weighted by Crippen LogP contribution is -2.39. The Morgan fingerprint density at radius 1 is 1.32 bits per heavy atom. The van der Waals surface area contributed by atoms with E-state index >= 15 is 0 Å². The summed E-state index contributed by atoms with van der Waals surface area (Å²) < 4.78 is 0. The molecule has 1 aromatic heterocycles. The van der Waals surface area contributed by atoms with Crippen LogP contribution < -0.4 is 4.90 Å². The Bertz CT molecular complexity index is 441. The maximum absolute atomic E-state index is 10.0. The van der Waals surface area contributed by atoms with Crippen LogP contribution in [0, 0.1) is 6.92 Å². The van der Waals surface area contributed by atoms with Crippen LogP contribution in [0.3, 0.4) is 0 Å². The third-order valence-corrected chi connectivity index (χ3v) is 3.22. The molecule has 0 aliphatic rings. The maximum Gasteiger partial charge on any atom is 0.137 e. The molecule has 0 saturated heterocycles. The summed E-state index contributed by atoms with van der Waals surface area (Å²) in [6.45, 7) is 12.9. The second-order valence-corrected chi connectivity index (χ2v) is 6.16. The van der Waals surface area contributed by atoms with Gasteiger partial charge in [-0.15, -0.1) is 0 Å². The highest BCUT2D eigenvalue weighted by Crippen LogP contribution is 2.26. The second-order valence-electron chi connectivity index (χ2n) is 5.80. The van der Waals surface area contributed by atoms with Crippen molar-refractivity contribution in [2.24, 2.45) is 0 Å². The molecule has 0 radical (unpaired) electrons. The molecule has 0 unspecified atom stereocenters. The Hall–Kier alpha value is -0.870. The third-order valence-electron chi connectivity index (χ3n) is 2.85. The summed E-state index contributed by atoms with van der Waals surface area (Å²) in [5.41, 5.74) is 0.0786. The van der Waals surface area contributed by atoms with Crippen LogP contribution in [0.5, 0.6) is 0 Å². The van der Waals surface area contributed by atoms with Gasteiger partial charge < -0.3 is 10.0 Å². The van der Waals surface area contributed by atoms with Crippen molar-refractivity contribution < 1.29 is 5.11 Å². The summed E-state index contributed by atoms with van der Waals surface area (Å²) in [6.07, 6.45) is 0. The van der Waals surface area contributed by atoms with Gasteiger partial charge in [-0.2, -0.15) is 0 Å². The Labute approximate surface area is 120 Å². The molecule has 0 spiro atoms. The van der Waals surface area contributed by atoms with Crippen LogP contribution in [0.4, 0.5) is 5.82 Å². The van der Waals surface area contributed by atoms with E-state index in [4.69, 9.17) is 11.6 Å². The fraction of sp³-hybridized carbons (Fsp3) is 0.714. The maximum atomic E-state index is 10.0. The van der Waals surface area contributed by atoms with E-state index in [1.165, 1.54) is 0 Å². The molecule has 0 saturated carbocycles. The van der Waals surface area contributed by atoms with Gasteiger partial charge in [0.25, 0.3) is 0 Å². The molecule has 0 aliphatic carbocycles. The molecule has 0 fully saturated rings. The molecule has 1 rings (SSSR count). The quantitative estimate of drug-likeness (QED) is 0.844. The van der Waals surface area contributed by atoms with Crippen LogP contribution in [-0.4, -0.2) is 33.8 Å². The third kappa shape index (κ3) is 4.32. The van der Waals surface area contributed by atoms with Gasteiger partial charge in [-0.1, -0.05) is 25.4 Å². The van der Waals surface area contributed by atoms with Crippen molar-refractivity contribution in [3.8, 4) is 0 Å². The first-order valence-electron chi connectivity index (χ1n) is 6.67. The summed E-state index contributed by atoms with van der Waals surface area (Å²) in [7, 11) is 0. The van der Waals surface area contributed by atoms with Gasteiger partial charge in [0.05, 0.1) is 5.60 Å². The van der Waals surface area contributed by atoms with E-state index in [2.05, 4.69) is 9.97 Å². The molecule has 1 N–H and O–H groups in total. The van der Waals surface area contributed by atoms with E-state index in [1.54, 1.807) is 13.8 Å². The smallest absolute Gasteiger partial charge is 0.137 e. The molecule has 4 nitrogen and oxygen atoms in total. The van der Waals surface area contributed by atoms with Crippen molar-refractivity contribution >= 4 is 17.4 Å². The normalized spacial score (nSPS) is 12.1. The van der Waals surface area contributed by atoms with Crippen LogP contribution in [0.1, 0.15) is 51.9 Å². The number of halogens is 1. The highest BCUT2D eigenvalue weighted by Gasteiger charge is 2.22. The Morgan fingerprint density at radius 3 is 2.32 bits per heavy atom. The molecule has 0 amide bonds. The molecular weight excluding hydrogens is 262 g/mol. The number of aliphatic hydroxyl groups is 1. The zero-order valence-electron chi connectivity index (χ0n) is 12.7. The average Bonchev–Trinajstić information content (AvgIpc) is 2.28. The van der Waals surface area contributed by atoms with E-state index in [1.807, 2.05) is 32.6 Å². The van der Waals surface area contributed by atoms with Gasteiger partial charge in [-0.25, -0.2) is 9.97 Å². The van der Waals surface area contributed by atoms with Crippen LogP contribution >= 0.6 is 11.6 Å². The molecular formula is C14H24ClN3O. The molecule has 0 aromatic carbocycles. The fourth-order valence-electron chi connectivity index (χ4n) is 1.86. The lowest BCUT2D eigenvalue weighted by molar-refractivity contribution is 0.0874. The molecule has 0 bridgehead atoms. The van der Waals surface area contributed by atoms with Crippen LogP contribution in [0.15, 0.2) is 0 Å². The summed E-state index contributed by atoms with van der Waals surface area (Å²) in [5.74, 6) is 1.77. The largest absolute Gasteiger partial charge is 0.389 e. The SMILES string of the molecule is CCN(CC(C)(C)O)c1nc(C(C)C)nc(Cl)c1C. The fourth-order valence-corrected chi connectivity index (χ4v) is 2.03. The predicted octanol–water partition coefficient (Wildman–Crippen LogP) is 3.16. The van der Waals surface area contributed by atoms with Gasteiger partial charge in [0.1, 0.15) is 16.8 Å². The first-order valence-corrected chi connectivity index (χ1v) is 7.05. The number of rotatable bonds is 5. The minimum atomic E-state index is -0.780. The van der Waals surface area contributed by atoms with Crippen molar-refractivity contribution in [1.29, 1.82) is 0 Å². The number of likely N-dealkylation sites (N-methyl/N-ethyl adjacent to an activating group) is 1. The van der Waals surface area contributed by atoms with E-state index in [9.17, 15) is 5.11 Å². The first-order chi connectivity index (χ1) is 8.65. The molecule has 19 heavy (non-hydrogen) atoms.